The Morgan fingerprint density at radius 1 is 1.15 bits per heavy atom. The van der Waals surface area contributed by atoms with Crippen LogP contribution in [0.3, 0.4) is 0 Å². The van der Waals surface area contributed by atoms with E-state index in [9.17, 15) is 13.2 Å². The van der Waals surface area contributed by atoms with E-state index in [2.05, 4.69) is 50.4 Å². The maximum absolute atomic E-state index is 13.5. The lowest BCUT2D eigenvalue weighted by atomic mass is 10.0. The van der Waals surface area contributed by atoms with Crippen LogP contribution in [0.25, 0.3) is 11.0 Å². The molecule has 2 atom stereocenters. The molecule has 1 aliphatic rings. The molecular formula is C23H29N5O3S2. The Balaban J connectivity index is 1.52. The lowest BCUT2D eigenvalue weighted by molar-refractivity contribution is -0.134. The number of anilines is 1. The molecule has 2 aromatic carbocycles. The number of nitrogens with zero attached hydrogens (tertiary/aromatic N) is 4. The van der Waals surface area contributed by atoms with Crippen molar-refractivity contribution < 1.29 is 13.2 Å². The second kappa shape index (κ2) is 9.36. The van der Waals surface area contributed by atoms with E-state index >= 15 is 0 Å². The van der Waals surface area contributed by atoms with E-state index in [4.69, 9.17) is 0 Å². The third-order valence-electron chi connectivity index (χ3n) is 6.03. The highest BCUT2D eigenvalue weighted by Crippen LogP contribution is 2.24. The number of nitrogens with one attached hydrogen (secondary N) is 1. The second-order valence-corrected chi connectivity index (χ2v) is 11.1. The number of benzene rings is 2. The van der Waals surface area contributed by atoms with E-state index in [1.807, 2.05) is 19.9 Å². The minimum absolute atomic E-state index is 0.0461. The van der Waals surface area contributed by atoms with Crippen molar-refractivity contribution in [3.8, 4) is 0 Å². The molecule has 1 aliphatic heterocycles. The normalized spacial score (nSPS) is 18.2. The van der Waals surface area contributed by atoms with Crippen LogP contribution in [-0.2, 0) is 14.8 Å². The third-order valence-corrected chi connectivity index (χ3v) is 8.04. The molecule has 0 bridgehead atoms. The van der Waals surface area contributed by atoms with Crippen LogP contribution >= 0.6 is 11.7 Å². The summed E-state index contributed by atoms with van der Waals surface area (Å²) in [5.74, 6) is -0.418. The van der Waals surface area contributed by atoms with Crippen molar-refractivity contribution in [1.29, 1.82) is 0 Å². The van der Waals surface area contributed by atoms with E-state index in [0.717, 1.165) is 17.4 Å². The molecule has 0 unspecified atom stereocenters. The largest absolute Gasteiger partial charge is 0.365 e. The number of amides is 1. The fraction of sp³-hybridized carbons (Fsp3) is 0.435. The number of hydrogen-bond donors (Lipinski definition) is 1. The highest BCUT2D eigenvalue weighted by Gasteiger charge is 2.35. The van der Waals surface area contributed by atoms with Gasteiger partial charge in [-0.25, -0.2) is 8.42 Å². The Morgan fingerprint density at radius 2 is 1.91 bits per heavy atom. The molecule has 1 fully saturated rings. The van der Waals surface area contributed by atoms with Crippen LogP contribution in [0.5, 0.6) is 0 Å². The van der Waals surface area contributed by atoms with Crippen LogP contribution in [0.4, 0.5) is 5.69 Å². The van der Waals surface area contributed by atoms with Gasteiger partial charge in [-0.15, -0.1) is 0 Å². The summed E-state index contributed by atoms with van der Waals surface area (Å²) in [6, 6.07) is 12.4. The van der Waals surface area contributed by atoms with Crippen molar-refractivity contribution in [2.45, 2.75) is 44.7 Å². The van der Waals surface area contributed by atoms with Gasteiger partial charge < -0.3 is 9.80 Å². The summed E-state index contributed by atoms with van der Waals surface area (Å²) in [7, 11) is -3.96. The van der Waals surface area contributed by atoms with Crippen molar-refractivity contribution in [2.24, 2.45) is 5.92 Å². The molecule has 1 aromatic heterocycles. The predicted molar refractivity (Wildman–Crippen MR) is 131 cm³/mol. The molecule has 0 spiro atoms. The number of carbonyl (C=O) groups is 1. The first-order valence-electron chi connectivity index (χ1n) is 11.0. The first-order valence-corrected chi connectivity index (χ1v) is 13.2. The van der Waals surface area contributed by atoms with E-state index < -0.39 is 16.1 Å². The van der Waals surface area contributed by atoms with Gasteiger partial charge in [0.25, 0.3) is 0 Å². The zero-order chi connectivity index (χ0) is 23.8. The number of aromatic nitrogens is 2. The SMILES string of the molecule is Cc1cccc(N2CCN(C(=O)[C@@H](NS(=O)(=O)c3cccc4nsnc34)C(C)C)C[C@@H]2C)c1. The molecule has 10 heteroatoms. The van der Waals surface area contributed by atoms with Gasteiger partial charge >= 0.3 is 0 Å². The smallest absolute Gasteiger partial charge is 0.243 e. The van der Waals surface area contributed by atoms with Crippen LogP contribution in [-0.4, -0.2) is 59.7 Å². The van der Waals surface area contributed by atoms with Crippen molar-refractivity contribution in [3.05, 3.63) is 48.0 Å². The van der Waals surface area contributed by atoms with Gasteiger partial charge in [0.05, 0.1) is 11.7 Å². The molecule has 8 nitrogen and oxygen atoms in total. The zero-order valence-corrected chi connectivity index (χ0v) is 20.9. The second-order valence-electron chi connectivity index (χ2n) is 8.90. The molecule has 1 N–H and O–H groups in total. The summed E-state index contributed by atoms with van der Waals surface area (Å²) in [6.45, 7) is 9.61. The van der Waals surface area contributed by atoms with Gasteiger partial charge in [0, 0.05) is 31.4 Å². The molecule has 4 rings (SSSR count). The van der Waals surface area contributed by atoms with Gasteiger partial charge in [-0.3, -0.25) is 4.79 Å². The molecule has 0 aliphatic carbocycles. The fourth-order valence-corrected chi connectivity index (χ4v) is 6.35. The minimum Gasteiger partial charge on any atom is -0.365 e. The average molecular weight is 488 g/mol. The van der Waals surface area contributed by atoms with E-state index in [0.29, 0.717) is 30.7 Å². The highest BCUT2D eigenvalue weighted by atomic mass is 32.2. The molecule has 2 heterocycles. The Kier molecular flexibility index (Phi) is 6.69. The Morgan fingerprint density at radius 3 is 2.61 bits per heavy atom. The summed E-state index contributed by atoms with van der Waals surface area (Å²) in [5, 5.41) is 0. The molecule has 0 saturated carbocycles. The van der Waals surface area contributed by atoms with E-state index in [1.54, 1.807) is 17.0 Å². The number of fused-ring (bicyclic) bond motifs is 1. The van der Waals surface area contributed by atoms with Crippen molar-refractivity contribution >= 4 is 44.4 Å². The molecule has 3 aromatic rings. The zero-order valence-electron chi connectivity index (χ0n) is 19.2. The number of piperazine rings is 1. The Hall–Kier alpha value is -2.56. The van der Waals surface area contributed by atoms with E-state index in [-0.39, 0.29) is 22.8 Å². The van der Waals surface area contributed by atoms with E-state index in [1.165, 1.54) is 11.6 Å². The van der Waals surface area contributed by atoms with Crippen LogP contribution in [0.2, 0.25) is 0 Å². The lowest BCUT2D eigenvalue weighted by Gasteiger charge is -2.42. The monoisotopic (exact) mass is 487 g/mol. The van der Waals surface area contributed by atoms with Crippen molar-refractivity contribution in [1.82, 2.24) is 18.4 Å². The molecule has 1 amide bonds. The van der Waals surface area contributed by atoms with Crippen LogP contribution in [0.15, 0.2) is 47.4 Å². The number of hydrogen-bond acceptors (Lipinski definition) is 7. The van der Waals surface area contributed by atoms with Gasteiger partial charge in [-0.2, -0.15) is 13.5 Å². The molecular weight excluding hydrogens is 458 g/mol. The van der Waals surface area contributed by atoms with Gasteiger partial charge in [-0.05, 0) is 49.6 Å². The van der Waals surface area contributed by atoms with Crippen LogP contribution in [0.1, 0.15) is 26.3 Å². The number of carbonyl (C=O) groups excluding carboxylic acids is 1. The third kappa shape index (κ3) is 4.87. The maximum atomic E-state index is 13.5. The van der Waals surface area contributed by atoms with Gasteiger partial charge in [0.1, 0.15) is 22.0 Å². The summed E-state index contributed by atoms with van der Waals surface area (Å²) < 4.78 is 37.4. The molecule has 176 valence electrons. The molecule has 33 heavy (non-hydrogen) atoms. The van der Waals surface area contributed by atoms with Gasteiger partial charge in [-0.1, -0.05) is 32.0 Å². The first kappa shape index (κ1) is 23.6. The average Bonchev–Trinajstić information content (AvgIpc) is 3.25. The molecule has 1 saturated heterocycles. The lowest BCUT2D eigenvalue weighted by Crippen LogP contribution is -2.59. The fourth-order valence-electron chi connectivity index (χ4n) is 4.25. The first-order chi connectivity index (χ1) is 15.7. The molecule has 0 radical (unpaired) electrons. The summed E-state index contributed by atoms with van der Waals surface area (Å²) in [4.78, 5) is 17.6. The van der Waals surface area contributed by atoms with Crippen LogP contribution in [0, 0.1) is 12.8 Å². The number of rotatable bonds is 6. The quantitative estimate of drug-likeness (QED) is 0.574. The number of sulfonamides is 1. The number of aryl methyl sites for hydroxylation is 1. The topological polar surface area (TPSA) is 95.5 Å². The highest BCUT2D eigenvalue weighted by molar-refractivity contribution is 7.89. The Bertz CT molecular complexity index is 1260. The maximum Gasteiger partial charge on any atom is 0.243 e. The van der Waals surface area contributed by atoms with Crippen molar-refractivity contribution in [3.63, 3.8) is 0 Å². The Labute approximate surface area is 199 Å². The standard InChI is InChI=1S/C23H29N5O3S2/c1-15(2)21(26-33(30,31)20-10-6-9-19-22(20)25-32-24-19)23(29)27-11-12-28(17(4)14-27)18-8-5-7-16(3)13-18/h5-10,13,15,17,21,26H,11-12,14H2,1-4H3/t17-,21-/m0/s1. The summed E-state index contributed by atoms with van der Waals surface area (Å²) >= 11 is 0.965. The van der Waals surface area contributed by atoms with Crippen LogP contribution < -0.4 is 9.62 Å². The minimum atomic E-state index is -3.96. The summed E-state index contributed by atoms with van der Waals surface area (Å²) in [5.41, 5.74) is 3.18. The van der Waals surface area contributed by atoms with Gasteiger partial charge in [0.2, 0.25) is 15.9 Å². The van der Waals surface area contributed by atoms with Gasteiger partial charge in [0.15, 0.2) is 0 Å². The summed E-state index contributed by atoms with van der Waals surface area (Å²) in [6.07, 6.45) is 0. The predicted octanol–water partition coefficient (Wildman–Crippen LogP) is 3.04. The van der Waals surface area contributed by atoms with Crippen molar-refractivity contribution in [2.75, 3.05) is 24.5 Å².